The van der Waals surface area contributed by atoms with Gasteiger partial charge in [-0.25, -0.2) is 0 Å². The van der Waals surface area contributed by atoms with Crippen LogP contribution in [0.15, 0.2) is 18.5 Å². The third-order valence-electron chi connectivity index (χ3n) is 1.12. The predicted molar refractivity (Wildman–Crippen MR) is 33.3 cm³/mol. The van der Waals surface area contributed by atoms with Gasteiger partial charge in [-0.2, -0.15) is 5.26 Å². The van der Waals surface area contributed by atoms with Gasteiger partial charge in [0.1, 0.15) is 6.04 Å². The van der Waals surface area contributed by atoms with Crippen molar-refractivity contribution in [2.24, 2.45) is 5.73 Å². The normalized spacial score (nSPS) is 12.4. The van der Waals surface area contributed by atoms with E-state index in [0.29, 0.717) is 0 Å². The Balaban J connectivity index is 2.80. The number of aromatic amines is 1. The third kappa shape index (κ3) is 1.09. The molecule has 0 radical (unpaired) electrons. The highest BCUT2D eigenvalue weighted by Crippen LogP contribution is 2.05. The molecule has 1 unspecified atom stereocenters. The number of nitrogens with two attached hydrogens (primary N) is 1. The van der Waals surface area contributed by atoms with Crippen LogP contribution in [0.2, 0.25) is 0 Å². The van der Waals surface area contributed by atoms with Crippen LogP contribution in [0.25, 0.3) is 0 Å². The summed E-state index contributed by atoms with van der Waals surface area (Å²) in [5, 5.41) is 8.32. The summed E-state index contributed by atoms with van der Waals surface area (Å²) in [6, 6.07) is 3.22. The Labute approximate surface area is 53.1 Å². The summed E-state index contributed by atoms with van der Waals surface area (Å²) >= 11 is 0. The SMILES string of the molecule is N#CC(N)c1cc[nH]c1. The second kappa shape index (κ2) is 2.33. The van der Waals surface area contributed by atoms with E-state index in [1.807, 2.05) is 6.07 Å². The Morgan fingerprint density at radius 2 is 2.56 bits per heavy atom. The second-order valence-corrected chi connectivity index (χ2v) is 1.75. The average Bonchev–Trinajstić information content (AvgIpc) is 2.37. The highest BCUT2D eigenvalue weighted by atomic mass is 14.7. The number of nitriles is 1. The molecule has 1 aromatic rings. The van der Waals surface area contributed by atoms with Crippen LogP contribution >= 0.6 is 0 Å². The summed E-state index contributed by atoms with van der Waals surface area (Å²) in [6.45, 7) is 0. The lowest BCUT2D eigenvalue weighted by atomic mass is 10.2. The maximum atomic E-state index is 8.32. The van der Waals surface area contributed by atoms with Gasteiger partial charge in [0.05, 0.1) is 6.07 Å². The molecule has 3 nitrogen and oxygen atoms in total. The zero-order chi connectivity index (χ0) is 6.69. The minimum Gasteiger partial charge on any atom is -0.367 e. The van der Waals surface area contributed by atoms with Crippen molar-refractivity contribution < 1.29 is 0 Å². The van der Waals surface area contributed by atoms with Gasteiger partial charge in [0.2, 0.25) is 0 Å². The van der Waals surface area contributed by atoms with Crippen molar-refractivity contribution in [3.8, 4) is 6.07 Å². The van der Waals surface area contributed by atoms with E-state index >= 15 is 0 Å². The molecule has 0 bridgehead atoms. The van der Waals surface area contributed by atoms with Crippen LogP contribution in [0.3, 0.4) is 0 Å². The molecule has 46 valence electrons. The summed E-state index contributed by atoms with van der Waals surface area (Å²) in [5.74, 6) is 0. The van der Waals surface area contributed by atoms with Crippen LogP contribution < -0.4 is 5.73 Å². The Bertz CT molecular complexity index is 207. The van der Waals surface area contributed by atoms with Crippen molar-refractivity contribution in [3.05, 3.63) is 24.0 Å². The lowest BCUT2D eigenvalue weighted by Crippen LogP contribution is -2.05. The van der Waals surface area contributed by atoms with Gasteiger partial charge in [-0.05, 0) is 6.07 Å². The van der Waals surface area contributed by atoms with E-state index in [2.05, 4.69) is 4.98 Å². The third-order valence-corrected chi connectivity index (χ3v) is 1.12. The predicted octanol–water partition coefficient (Wildman–Crippen LogP) is 0.538. The van der Waals surface area contributed by atoms with Crippen LogP contribution in [-0.2, 0) is 0 Å². The number of H-pyrrole nitrogens is 1. The van der Waals surface area contributed by atoms with Crippen molar-refractivity contribution in [1.82, 2.24) is 4.98 Å². The first-order valence-corrected chi connectivity index (χ1v) is 2.62. The van der Waals surface area contributed by atoms with Gasteiger partial charge in [0.25, 0.3) is 0 Å². The summed E-state index contributed by atoms with van der Waals surface area (Å²) in [6.07, 6.45) is 3.46. The van der Waals surface area contributed by atoms with Gasteiger partial charge in [0.15, 0.2) is 0 Å². The Kier molecular flexibility index (Phi) is 1.52. The molecule has 0 fully saturated rings. The van der Waals surface area contributed by atoms with Crippen LogP contribution in [-0.4, -0.2) is 4.98 Å². The van der Waals surface area contributed by atoms with Crippen molar-refractivity contribution in [2.75, 3.05) is 0 Å². The van der Waals surface area contributed by atoms with E-state index in [1.54, 1.807) is 18.5 Å². The monoisotopic (exact) mass is 121 g/mol. The van der Waals surface area contributed by atoms with Gasteiger partial charge in [-0.1, -0.05) is 0 Å². The zero-order valence-electron chi connectivity index (χ0n) is 4.83. The maximum absolute atomic E-state index is 8.32. The van der Waals surface area contributed by atoms with Gasteiger partial charge < -0.3 is 10.7 Å². The molecule has 0 amide bonds. The fraction of sp³-hybridized carbons (Fsp3) is 0.167. The van der Waals surface area contributed by atoms with Gasteiger partial charge in [0, 0.05) is 18.0 Å². The van der Waals surface area contributed by atoms with E-state index in [-0.39, 0.29) is 0 Å². The second-order valence-electron chi connectivity index (χ2n) is 1.75. The van der Waals surface area contributed by atoms with E-state index in [9.17, 15) is 0 Å². The lowest BCUT2D eigenvalue weighted by Gasteiger charge is -1.93. The molecular formula is C6H7N3. The highest BCUT2D eigenvalue weighted by Gasteiger charge is 2.01. The summed E-state index contributed by atoms with van der Waals surface area (Å²) in [4.78, 5) is 2.81. The smallest absolute Gasteiger partial charge is 0.120 e. The van der Waals surface area contributed by atoms with E-state index < -0.39 is 6.04 Å². The van der Waals surface area contributed by atoms with Crippen LogP contribution in [0.5, 0.6) is 0 Å². The minimum absolute atomic E-state index is 0.490. The molecule has 0 aromatic carbocycles. The topological polar surface area (TPSA) is 65.6 Å². The van der Waals surface area contributed by atoms with E-state index in [0.717, 1.165) is 5.56 Å². The van der Waals surface area contributed by atoms with Crippen LogP contribution in [0.4, 0.5) is 0 Å². The number of nitrogens with zero attached hydrogens (tertiary/aromatic N) is 1. The van der Waals surface area contributed by atoms with Crippen LogP contribution in [0.1, 0.15) is 11.6 Å². The van der Waals surface area contributed by atoms with Crippen molar-refractivity contribution in [1.29, 1.82) is 5.26 Å². The molecule has 0 saturated heterocycles. The van der Waals surface area contributed by atoms with Crippen molar-refractivity contribution >= 4 is 0 Å². The Hall–Kier alpha value is -1.27. The number of nitrogens with one attached hydrogen (secondary N) is 1. The molecule has 1 atom stereocenters. The first-order valence-electron chi connectivity index (χ1n) is 2.62. The van der Waals surface area contributed by atoms with E-state index in [4.69, 9.17) is 11.0 Å². The summed E-state index contributed by atoms with van der Waals surface area (Å²) in [5.41, 5.74) is 6.19. The molecule has 3 N–H and O–H groups in total. The molecule has 1 aromatic heterocycles. The van der Waals surface area contributed by atoms with Crippen molar-refractivity contribution in [2.45, 2.75) is 6.04 Å². The maximum Gasteiger partial charge on any atom is 0.120 e. The summed E-state index contributed by atoms with van der Waals surface area (Å²) < 4.78 is 0. The Morgan fingerprint density at radius 1 is 1.78 bits per heavy atom. The quantitative estimate of drug-likeness (QED) is 0.569. The van der Waals surface area contributed by atoms with Gasteiger partial charge >= 0.3 is 0 Å². The molecular weight excluding hydrogens is 114 g/mol. The van der Waals surface area contributed by atoms with Crippen molar-refractivity contribution in [3.63, 3.8) is 0 Å². The molecule has 0 saturated carbocycles. The largest absolute Gasteiger partial charge is 0.367 e. The number of hydrogen-bond acceptors (Lipinski definition) is 2. The molecule has 0 spiro atoms. The van der Waals surface area contributed by atoms with E-state index in [1.165, 1.54) is 0 Å². The fourth-order valence-corrected chi connectivity index (χ4v) is 0.605. The van der Waals surface area contributed by atoms with Gasteiger partial charge in [-0.3, -0.25) is 0 Å². The molecule has 9 heavy (non-hydrogen) atoms. The number of rotatable bonds is 1. The first-order chi connectivity index (χ1) is 4.34. The average molecular weight is 121 g/mol. The Morgan fingerprint density at radius 3 is 3.00 bits per heavy atom. The van der Waals surface area contributed by atoms with Gasteiger partial charge in [-0.15, -0.1) is 0 Å². The fourth-order valence-electron chi connectivity index (χ4n) is 0.605. The van der Waals surface area contributed by atoms with Crippen LogP contribution in [0, 0.1) is 11.3 Å². The molecule has 1 heterocycles. The molecule has 1 rings (SSSR count). The molecule has 0 aliphatic rings. The standard InChI is InChI=1S/C6H7N3/c7-3-6(8)5-1-2-9-4-5/h1-2,4,6,9H,8H2. The molecule has 0 aliphatic heterocycles. The lowest BCUT2D eigenvalue weighted by molar-refractivity contribution is 0.928. The highest BCUT2D eigenvalue weighted by molar-refractivity contribution is 5.18. The minimum atomic E-state index is -0.490. The molecule has 3 heteroatoms. The molecule has 0 aliphatic carbocycles. The number of aromatic nitrogens is 1. The zero-order valence-corrected chi connectivity index (χ0v) is 4.83. The first kappa shape index (κ1) is 5.86. The number of hydrogen-bond donors (Lipinski definition) is 2. The summed E-state index contributed by atoms with van der Waals surface area (Å²) in [7, 11) is 0.